The molecular formula is C15H22ClNO3. The van der Waals surface area contributed by atoms with E-state index in [1.807, 2.05) is 26.0 Å². The van der Waals surface area contributed by atoms with Crippen LogP contribution in [0.1, 0.15) is 26.7 Å². The van der Waals surface area contributed by atoms with E-state index in [2.05, 4.69) is 5.32 Å². The SMILES string of the molecule is CC(C)(CCO)CNC(=O)CCOc1ccccc1Cl. The lowest BCUT2D eigenvalue weighted by Gasteiger charge is -2.23. The summed E-state index contributed by atoms with van der Waals surface area (Å²) in [6.45, 7) is 4.96. The second kappa shape index (κ2) is 8.12. The van der Waals surface area contributed by atoms with E-state index < -0.39 is 0 Å². The molecule has 0 bridgehead atoms. The highest BCUT2D eigenvalue weighted by molar-refractivity contribution is 6.32. The molecule has 20 heavy (non-hydrogen) atoms. The third kappa shape index (κ3) is 6.26. The normalized spacial score (nSPS) is 11.2. The molecular weight excluding hydrogens is 278 g/mol. The molecule has 1 aromatic carbocycles. The van der Waals surface area contributed by atoms with Crippen LogP contribution in [0.5, 0.6) is 5.75 Å². The summed E-state index contributed by atoms with van der Waals surface area (Å²) in [4.78, 5) is 11.7. The van der Waals surface area contributed by atoms with Gasteiger partial charge in [-0.25, -0.2) is 0 Å². The average Bonchev–Trinajstić information content (AvgIpc) is 2.39. The molecule has 0 aromatic heterocycles. The molecule has 112 valence electrons. The molecule has 0 saturated carbocycles. The van der Waals surface area contributed by atoms with Crippen molar-refractivity contribution in [1.82, 2.24) is 5.32 Å². The summed E-state index contributed by atoms with van der Waals surface area (Å²) in [6.07, 6.45) is 0.934. The van der Waals surface area contributed by atoms with Gasteiger partial charge in [0.05, 0.1) is 18.1 Å². The van der Waals surface area contributed by atoms with Gasteiger partial charge in [0.25, 0.3) is 0 Å². The molecule has 0 aliphatic carbocycles. The largest absolute Gasteiger partial charge is 0.491 e. The highest BCUT2D eigenvalue weighted by atomic mass is 35.5. The standard InChI is InChI=1S/C15H22ClNO3/c1-15(2,8-9-18)11-17-14(19)7-10-20-13-6-4-3-5-12(13)16/h3-6,18H,7-11H2,1-2H3,(H,17,19). The zero-order valence-corrected chi connectivity index (χ0v) is 12.7. The Morgan fingerprint density at radius 1 is 1.40 bits per heavy atom. The lowest BCUT2D eigenvalue weighted by molar-refractivity contribution is -0.122. The average molecular weight is 300 g/mol. The lowest BCUT2D eigenvalue weighted by atomic mass is 9.90. The number of halogens is 1. The van der Waals surface area contributed by atoms with Gasteiger partial charge in [0.15, 0.2) is 0 Å². The Morgan fingerprint density at radius 3 is 2.75 bits per heavy atom. The number of ether oxygens (including phenoxy) is 1. The van der Waals surface area contributed by atoms with Crippen molar-refractivity contribution in [3.63, 3.8) is 0 Å². The molecule has 0 aliphatic rings. The fourth-order valence-corrected chi connectivity index (χ4v) is 1.82. The first-order valence-electron chi connectivity index (χ1n) is 6.69. The number of carbonyl (C=O) groups is 1. The Kier molecular flexibility index (Phi) is 6.82. The van der Waals surface area contributed by atoms with E-state index in [1.54, 1.807) is 12.1 Å². The molecule has 0 heterocycles. The quantitative estimate of drug-likeness (QED) is 0.776. The van der Waals surface area contributed by atoms with Crippen LogP contribution in [-0.2, 0) is 4.79 Å². The van der Waals surface area contributed by atoms with Gasteiger partial charge in [-0.05, 0) is 24.0 Å². The number of para-hydroxylation sites is 1. The Hall–Kier alpha value is -1.26. The smallest absolute Gasteiger partial charge is 0.223 e. The molecule has 1 aromatic rings. The number of hydrogen-bond donors (Lipinski definition) is 2. The molecule has 0 fully saturated rings. The number of aliphatic hydroxyl groups excluding tert-OH is 1. The molecule has 0 spiro atoms. The van der Waals surface area contributed by atoms with Gasteiger partial charge in [0, 0.05) is 13.2 Å². The number of hydrogen-bond acceptors (Lipinski definition) is 3. The maximum Gasteiger partial charge on any atom is 0.223 e. The monoisotopic (exact) mass is 299 g/mol. The third-order valence-corrected chi connectivity index (χ3v) is 3.29. The van der Waals surface area contributed by atoms with Crippen molar-refractivity contribution in [3.8, 4) is 5.75 Å². The maximum atomic E-state index is 11.7. The first-order chi connectivity index (χ1) is 9.44. The van der Waals surface area contributed by atoms with E-state index in [0.717, 1.165) is 0 Å². The summed E-state index contributed by atoms with van der Waals surface area (Å²) < 4.78 is 5.45. The number of aliphatic hydroxyl groups is 1. The van der Waals surface area contributed by atoms with E-state index in [1.165, 1.54) is 0 Å². The van der Waals surface area contributed by atoms with Crippen molar-refractivity contribution in [2.24, 2.45) is 5.41 Å². The van der Waals surface area contributed by atoms with Gasteiger partial charge >= 0.3 is 0 Å². The Bertz CT molecular complexity index is 435. The zero-order valence-electron chi connectivity index (χ0n) is 12.0. The van der Waals surface area contributed by atoms with Crippen LogP contribution in [0.2, 0.25) is 5.02 Å². The number of carbonyl (C=O) groups excluding carboxylic acids is 1. The molecule has 1 amide bonds. The fraction of sp³-hybridized carbons (Fsp3) is 0.533. The van der Waals surface area contributed by atoms with E-state index in [9.17, 15) is 4.79 Å². The summed E-state index contributed by atoms with van der Waals surface area (Å²) in [5, 5.41) is 12.3. The van der Waals surface area contributed by atoms with E-state index in [4.69, 9.17) is 21.4 Å². The number of rotatable bonds is 8. The predicted octanol–water partition coefficient (Wildman–Crippen LogP) is 2.63. The summed E-state index contributed by atoms with van der Waals surface area (Å²) >= 11 is 5.95. The van der Waals surface area contributed by atoms with Crippen LogP contribution in [0, 0.1) is 5.41 Å². The number of amides is 1. The Labute approximate surface area is 125 Å². The van der Waals surface area contributed by atoms with E-state index in [-0.39, 0.29) is 31.0 Å². The fourth-order valence-electron chi connectivity index (χ4n) is 1.63. The first kappa shape index (κ1) is 16.8. The Balaban J connectivity index is 2.26. The maximum absolute atomic E-state index is 11.7. The van der Waals surface area contributed by atoms with Crippen molar-refractivity contribution in [2.45, 2.75) is 26.7 Å². The lowest BCUT2D eigenvalue weighted by Crippen LogP contribution is -2.35. The van der Waals surface area contributed by atoms with Gasteiger partial charge in [0.2, 0.25) is 5.91 Å². The zero-order chi connectivity index (χ0) is 15.0. The van der Waals surface area contributed by atoms with Crippen LogP contribution in [0.25, 0.3) is 0 Å². The summed E-state index contributed by atoms with van der Waals surface area (Å²) in [5.74, 6) is 0.519. The summed E-state index contributed by atoms with van der Waals surface area (Å²) in [6, 6.07) is 7.17. The van der Waals surface area contributed by atoms with Crippen molar-refractivity contribution >= 4 is 17.5 Å². The highest BCUT2D eigenvalue weighted by Crippen LogP contribution is 2.23. The molecule has 5 heteroatoms. The number of benzene rings is 1. The second-order valence-corrected chi connectivity index (χ2v) is 5.85. The van der Waals surface area contributed by atoms with Crippen LogP contribution >= 0.6 is 11.6 Å². The molecule has 0 aliphatic heterocycles. The van der Waals surface area contributed by atoms with Crippen LogP contribution in [0.15, 0.2) is 24.3 Å². The molecule has 4 nitrogen and oxygen atoms in total. The van der Waals surface area contributed by atoms with Gasteiger partial charge in [-0.1, -0.05) is 37.6 Å². The molecule has 0 radical (unpaired) electrons. The first-order valence-corrected chi connectivity index (χ1v) is 7.07. The molecule has 1 rings (SSSR count). The van der Waals surface area contributed by atoms with Crippen molar-refractivity contribution in [3.05, 3.63) is 29.3 Å². The highest BCUT2D eigenvalue weighted by Gasteiger charge is 2.17. The van der Waals surface area contributed by atoms with Crippen molar-refractivity contribution < 1.29 is 14.6 Å². The van der Waals surface area contributed by atoms with Gasteiger partial charge in [-0.15, -0.1) is 0 Å². The molecule has 2 N–H and O–H groups in total. The van der Waals surface area contributed by atoms with E-state index in [0.29, 0.717) is 23.7 Å². The van der Waals surface area contributed by atoms with E-state index >= 15 is 0 Å². The van der Waals surface area contributed by atoms with Crippen molar-refractivity contribution in [2.75, 3.05) is 19.8 Å². The minimum absolute atomic E-state index is 0.0666. The van der Waals surface area contributed by atoms with Gasteiger partial charge in [-0.3, -0.25) is 4.79 Å². The van der Waals surface area contributed by atoms with Gasteiger partial charge in [0.1, 0.15) is 5.75 Å². The second-order valence-electron chi connectivity index (χ2n) is 5.44. The van der Waals surface area contributed by atoms with Crippen molar-refractivity contribution in [1.29, 1.82) is 0 Å². The van der Waals surface area contributed by atoms with Gasteiger partial charge in [-0.2, -0.15) is 0 Å². The van der Waals surface area contributed by atoms with Crippen LogP contribution in [0.4, 0.5) is 0 Å². The summed E-state index contributed by atoms with van der Waals surface area (Å²) in [7, 11) is 0. The van der Waals surface area contributed by atoms with Crippen LogP contribution in [-0.4, -0.2) is 30.8 Å². The molecule has 0 saturated heterocycles. The number of nitrogens with one attached hydrogen (secondary N) is 1. The van der Waals surface area contributed by atoms with Gasteiger partial charge < -0.3 is 15.2 Å². The topological polar surface area (TPSA) is 58.6 Å². The minimum atomic E-state index is -0.103. The summed E-state index contributed by atoms with van der Waals surface area (Å²) in [5.41, 5.74) is -0.103. The van der Waals surface area contributed by atoms with Crippen LogP contribution < -0.4 is 10.1 Å². The molecule has 0 unspecified atom stereocenters. The van der Waals surface area contributed by atoms with Crippen LogP contribution in [0.3, 0.4) is 0 Å². The Morgan fingerprint density at radius 2 is 2.10 bits per heavy atom. The minimum Gasteiger partial charge on any atom is -0.491 e. The predicted molar refractivity (Wildman–Crippen MR) is 80.1 cm³/mol. The molecule has 0 atom stereocenters. The third-order valence-electron chi connectivity index (χ3n) is 2.98.